The lowest BCUT2D eigenvalue weighted by molar-refractivity contribution is 0.238. The largest absolute Gasteiger partial charge is 0.335 e. The zero-order chi connectivity index (χ0) is 18.0. The number of nitrogens with zero attached hydrogens (tertiary/aromatic N) is 1. The molecule has 1 aromatic rings. The first kappa shape index (κ1) is 18.2. The van der Waals surface area contributed by atoms with Crippen molar-refractivity contribution in [1.29, 1.82) is 0 Å². The van der Waals surface area contributed by atoms with E-state index >= 15 is 0 Å². The summed E-state index contributed by atoms with van der Waals surface area (Å²) in [6.07, 6.45) is 2.90. The highest BCUT2D eigenvalue weighted by Gasteiger charge is 2.41. The Kier molecular flexibility index (Phi) is 5.34. The van der Waals surface area contributed by atoms with Gasteiger partial charge in [-0.1, -0.05) is 26.0 Å². The van der Waals surface area contributed by atoms with Crippen LogP contribution < -0.4 is 10.6 Å². The van der Waals surface area contributed by atoms with Gasteiger partial charge in [0.25, 0.3) is 0 Å². The van der Waals surface area contributed by atoms with E-state index in [9.17, 15) is 13.2 Å². The zero-order valence-electron chi connectivity index (χ0n) is 14.9. The molecule has 0 radical (unpaired) electrons. The first-order valence-corrected chi connectivity index (χ1v) is 10.5. The van der Waals surface area contributed by atoms with E-state index < -0.39 is 10.0 Å². The maximum atomic E-state index is 12.2. The molecule has 1 aromatic carbocycles. The Bertz CT molecular complexity index is 704. The van der Waals surface area contributed by atoms with Gasteiger partial charge in [0.05, 0.1) is 5.25 Å². The minimum Gasteiger partial charge on any atom is -0.335 e. The Morgan fingerprint density at radius 3 is 2.20 bits per heavy atom. The molecule has 1 aliphatic carbocycles. The second-order valence-electron chi connectivity index (χ2n) is 7.29. The molecule has 0 bridgehead atoms. The standard InChI is InChI=1S/C18H27N3O3S/c1-13(2)14-3-5-15(6-4-14)19-18(22)20-16-9-11-21(12-10-16)25(23,24)17-7-8-17/h3-6,13,16-17H,7-12H2,1-2H3,(H2,19,20,22). The SMILES string of the molecule is CC(C)c1ccc(NC(=O)NC2CCN(S(=O)(=O)C3CC3)CC2)cc1. The highest BCUT2D eigenvalue weighted by atomic mass is 32.2. The van der Waals surface area contributed by atoms with Crippen molar-refractivity contribution in [1.82, 2.24) is 9.62 Å². The molecule has 0 atom stereocenters. The van der Waals surface area contributed by atoms with Crippen molar-refractivity contribution >= 4 is 21.7 Å². The first-order valence-electron chi connectivity index (χ1n) is 9.02. The molecule has 7 heteroatoms. The summed E-state index contributed by atoms with van der Waals surface area (Å²) >= 11 is 0. The zero-order valence-corrected chi connectivity index (χ0v) is 15.7. The van der Waals surface area contributed by atoms with Crippen molar-refractivity contribution in [3.05, 3.63) is 29.8 Å². The highest BCUT2D eigenvalue weighted by Crippen LogP contribution is 2.32. The third-order valence-corrected chi connectivity index (χ3v) is 7.33. The molecule has 1 saturated heterocycles. The number of urea groups is 1. The maximum Gasteiger partial charge on any atom is 0.319 e. The summed E-state index contributed by atoms with van der Waals surface area (Å²) in [5.74, 6) is 0.458. The molecule has 2 aliphatic rings. The fraction of sp³-hybridized carbons (Fsp3) is 0.611. The van der Waals surface area contributed by atoms with Crippen LogP contribution in [0.3, 0.4) is 0 Å². The summed E-state index contributed by atoms with van der Waals surface area (Å²) in [4.78, 5) is 12.1. The fourth-order valence-electron chi connectivity index (χ4n) is 3.14. The van der Waals surface area contributed by atoms with Gasteiger partial charge in [0, 0.05) is 24.8 Å². The summed E-state index contributed by atoms with van der Waals surface area (Å²) < 4.78 is 26.0. The van der Waals surface area contributed by atoms with Gasteiger partial charge in [-0.15, -0.1) is 0 Å². The number of sulfonamides is 1. The number of nitrogens with one attached hydrogen (secondary N) is 2. The number of hydrogen-bond acceptors (Lipinski definition) is 3. The Hall–Kier alpha value is -1.60. The van der Waals surface area contributed by atoms with Gasteiger partial charge in [0.1, 0.15) is 0 Å². The van der Waals surface area contributed by atoms with Crippen LogP contribution in [-0.4, -0.2) is 43.1 Å². The molecule has 25 heavy (non-hydrogen) atoms. The number of anilines is 1. The van der Waals surface area contributed by atoms with Gasteiger partial charge in [-0.3, -0.25) is 0 Å². The molecule has 6 nitrogen and oxygen atoms in total. The molecule has 2 fully saturated rings. The lowest BCUT2D eigenvalue weighted by atomic mass is 10.0. The van der Waals surface area contributed by atoms with Crippen LogP contribution in [0.15, 0.2) is 24.3 Å². The van der Waals surface area contributed by atoms with Crippen molar-refractivity contribution < 1.29 is 13.2 Å². The van der Waals surface area contributed by atoms with Crippen LogP contribution in [0, 0.1) is 0 Å². The molecule has 0 aromatic heterocycles. The molecule has 2 amide bonds. The number of carbonyl (C=O) groups is 1. The summed E-state index contributed by atoms with van der Waals surface area (Å²) in [5, 5.41) is 5.63. The Morgan fingerprint density at radius 1 is 1.08 bits per heavy atom. The topological polar surface area (TPSA) is 78.5 Å². The predicted molar refractivity (Wildman–Crippen MR) is 99.2 cm³/mol. The van der Waals surface area contributed by atoms with Crippen LogP contribution in [0.1, 0.15) is 51.0 Å². The van der Waals surface area contributed by atoms with Gasteiger partial charge in [0.15, 0.2) is 0 Å². The van der Waals surface area contributed by atoms with Gasteiger partial charge in [-0.2, -0.15) is 0 Å². The smallest absolute Gasteiger partial charge is 0.319 e. The lowest BCUT2D eigenvalue weighted by Gasteiger charge is -2.31. The van der Waals surface area contributed by atoms with E-state index in [1.165, 1.54) is 5.56 Å². The van der Waals surface area contributed by atoms with Crippen LogP contribution in [0.5, 0.6) is 0 Å². The Morgan fingerprint density at radius 2 is 1.68 bits per heavy atom. The quantitative estimate of drug-likeness (QED) is 0.842. The first-order chi connectivity index (χ1) is 11.9. The van der Waals surface area contributed by atoms with Gasteiger partial charge in [0.2, 0.25) is 10.0 Å². The molecule has 1 heterocycles. The molecule has 3 rings (SSSR count). The molecule has 0 spiro atoms. The number of rotatable bonds is 5. The van der Waals surface area contributed by atoms with E-state index in [-0.39, 0.29) is 17.3 Å². The Labute approximate surface area is 150 Å². The highest BCUT2D eigenvalue weighted by molar-refractivity contribution is 7.90. The number of hydrogen-bond donors (Lipinski definition) is 2. The summed E-state index contributed by atoms with van der Waals surface area (Å²) in [6, 6.07) is 7.61. The van der Waals surface area contributed by atoms with Gasteiger partial charge < -0.3 is 10.6 Å². The predicted octanol–water partition coefficient (Wildman–Crippen LogP) is 2.89. The van der Waals surface area contributed by atoms with E-state index in [1.54, 1.807) is 4.31 Å². The van der Waals surface area contributed by atoms with Crippen molar-refractivity contribution in [2.24, 2.45) is 0 Å². The normalized spacial score (nSPS) is 19.8. The second-order valence-corrected chi connectivity index (χ2v) is 9.51. The molecule has 1 saturated carbocycles. The van der Waals surface area contributed by atoms with E-state index in [0.717, 1.165) is 18.5 Å². The monoisotopic (exact) mass is 365 g/mol. The minimum atomic E-state index is -3.10. The van der Waals surface area contributed by atoms with Crippen LogP contribution in [0.2, 0.25) is 0 Å². The van der Waals surface area contributed by atoms with E-state index in [2.05, 4.69) is 24.5 Å². The van der Waals surface area contributed by atoms with E-state index in [0.29, 0.717) is 31.8 Å². The third kappa shape index (κ3) is 4.52. The third-order valence-electron chi connectivity index (χ3n) is 4.93. The van der Waals surface area contributed by atoms with E-state index in [4.69, 9.17) is 0 Å². The van der Waals surface area contributed by atoms with E-state index in [1.807, 2.05) is 24.3 Å². The van der Waals surface area contributed by atoms with Crippen LogP contribution in [0.4, 0.5) is 10.5 Å². The van der Waals surface area contributed by atoms with Gasteiger partial charge >= 0.3 is 6.03 Å². The van der Waals surface area contributed by atoms with Crippen LogP contribution in [-0.2, 0) is 10.0 Å². The summed E-state index contributed by atoms with van der Waals surface area (Å²) in [7, 11) is -3.10. The number of carbonyl (C=O) groups excluding carboxylic acids is 1. The summed E-state index contributed by atoms with van der Waals surface area (Å²) in [6.45, 7) is 5.25. The fourth-order valence-corrected chi connectivity index (χ4v) is 5.01. The molecular weight excluding hydrogens is 338 g/mol. The van der Waals surface area contributed by atoms with Crippen LogP contribution >= 0.6 is 0 Å². The minimum absolute atomic E-state index is 0.0144. The van der Waals surface area contributed by atoms with Gasteiger partial charge in [-0.25, -0.2) is 17.5 Å². The van der Waals surface area contributed by atoms with Crippen molar-refractivity contribution in [3.63, 3.8) is 0 Å². The van der Waals surface area contributed by atoms with Crippen molar-refractivity contribution in [3.8, 4) is 0 Å². The Balaban J connectivity index is 1.46. The number of piperidine rings is 1. The number of benzene rings is 1. The van der Waals surface area contributed by atoms with Crippen LogP contribution in [0.25, 0.3) is 0 Å². The molecule has 1 aliphatic heterocycles. The summed E-state index contributed by atoms with van der Waals surface area (Å²) in [5.41, 5.74) is 1.99. The lowest BCUT2D eigenvalue weighted by Crippen LogP contribution is -2.48. The molecule has 138 valence electrons. The van der Waals surface area contributed by atoms with Gasteiger partial charge in [-0.05, 0) is 49.3 Å². The molecular formula is C18H27N3O3S. The maximum absolute atomic E-state index is 12.2. The average molecular weight is 365 g/mol. The average Bonchev–Trinajstić information content (AvgIpc) is 3.41. The van der Waals surface area contributed by atoms with Crippen molar-refractivity contribution in [2.75, 3.05) is 18.4 Å². The van der Waals surface area contributed by atoms with Crippen molar-refractivity contribution in [2.45, 2.75) is 56.7 Å². The number of amides is 2. The second kappa shape index (κ2) is 7.33. The molecule has 2 N–H and O–H groups in total. The molecule has 0 unspecified atom stereocenters.